The van der Waals surface area contributed by atoms with E-state index in [9.17, 15) is 24.5 Å². The van der Waals surface area contributed by atoms with E-state index in [1.54, 1.807) is 6.07 Å². The maximum Gasteiger partial charge on any atom is 0.290 e. The zero-order valence-corrected chi connectivity index (χ0v) is 16.1. The van der Waals surface area contributed by atoms with Crippen molar-refractivity contribution in [1.82, 2.24) is 5.32 Å². The van der Waals surface area contributed by atoms with Crippen LogP contribution < -0.4 is 15.4 Å². The molecule has 1 aliphatic heterocycles. The first-order valence-electron chi connectivity index (χ1n) is 8.03. The number of carbonyl (C=O) groups is 3. The van der Waals surface area contributed by atoms with Crippen LogP contribution >= 0.6 is 23.4 Å². The molecule has 1 aliphatic rings. The number of imide groups is 1. The Morgan fingerprint density at radius 1 is 1.28 bits per heavy atom. The number of carbonyl (C=O) groups excluding carboxylic acids is 3. The fourth-order valence-corrected chi connectivity index (χ4v) is 3.22. The van der Waals surface area contributed by atoms with E-state index in [0.717, 1.165) is 11.8 Å². The average Bonchev–Trinajstić information content (AvgIpc) is 2.98. The van der Waals surface area contributed by atoms with E-state index in [2.05, 4.69) is 10.6 Å². The lowest BCUT2D eigenvalue weighted by Crippen LogP contribution is -2.20. The molecule has 0 aliphatic carbocycles. The zero-order valence-electron chi connectivity index (χ0n) is 14.5. The summed E-state index contributed by atoms with van der Waals surface area (Å²) in [5.41, 5.74) is 0.508. The smallest absolute Gasteiger partial charge is 0.290 e. The third kappa shape index (κ3) is 5.33. The molecule has 2 N–H and O–H groups in total. The number of nitro groups is 1. The number of ether oxygens (including phenoxy) is 1. The number of non-ortho nitro benzene ring substituents is 1. The van der Waals surface area contributed by atoms with E-state index in [4.69, 9.17) is 16.3 Å². The summed E-state index contributed by atoms with van der Waals surface area (Å²) >= 11 is 6.73. The Morgan fingerprint density at radius 3 is 2.76 bits per heavy atom. The van der Waals surface area contributed by atoms with E-state index >= 15 is 0 Å². The van der Waals surface area contributed by atoms with E-state index in [1.165, 1.54) is 42.5 Å². The van der Waals surface area contributed by atoms with Crippen molar-refractivity contribution >= 4 is 57.9 Å². The minimum atomic E-state index is -0.568. The summed E-state index contributed by atoms with van der Waals surface area (Å²) in [5.74, 6) is -0.805. The molecule has 0 bridgehead atoms. The molecule has 148 valence electrons. The van der Waals surface area contributed by atoms with E-state index < -0.39 is 28.6 Å². The van der Waals surface area contributed by atoms with Crippen molar-refractivity contribution in [2.75, 3.05) is 11.9 Å². The molecule has 0 spiro atoms. The molecule has 1 saturated heterocycles. The first-order chi connectivity index (χ1) is 13.8. The highest BCUT2D eigenvalue weighted by Gasteiger charge is 2.25. The van der Waals surface area contributed by atoms with Crippen molar-refractivity contribution in [2.45, 2.75) is 0 Å². The molecule has 0 atom stereocenters. The molecule has 9 nitrogen and oxygen atoms in total. The summed E-state index contributed by atoms with van der Waals surface area (Å²) < 4.78 is 5.50. The summed E-state index contributed by atoms with van der Waals surface area (Å²) in [6.07, 6.45) is 1.44. The van der Waals surface area contributed by atoms with E-state index in [1.807, 2.05) is 0 Å². The second-order valence-corrected chi connectivity index (χ2v) is 7.13. The minimum absolute atomic E-state index is 0.155. The summed E-state index contributed by atoms with van der Waals surface area (Å²) in [4.78, 5) is 45.5. The predicted molar refractivity (Wildman–Crippen MR) is 108 cm³/mol. The monoisotopic (exact) mass is 433 g/mol. The molecular formula is C18H12ClN3O6S. The van der Waals surface area contributed by atoms with Crippen molar-refractivity contribution in [3.63, 3.8) is 0 Å². The van der Waals surface area contributed by atoms with Crippen LogP contribution in [-0.2, 0) is 9.59 Å². The Balaban J connectivity index is 1.71. The summed E-state index contributed by atoms with van der Waals surface area (Å²) in [5, 5.41) is 15.3. The van der Waals surface area contributed by atoms with Gasteiger partial charge in [0.05, 0.1) is 9.83 Å². The highest BCUT2D eigenvalue weighted by atomic mass is 35.5. The van der Waals surface area contributed by atoms with Gasteiger partial charge in [-0.25, -0.2) is 0 Å². The number of anilines is 1. The van der Waals surface area contributed by atoms with E-state index in [-0.39, 0.29) is 22.0 Å². The molecule has 1 fully saturated rings. The molecule has 0 aromatic heterocycles. The third-order valence-corrected chi connectivity index (χ3v) is 4.65. The SMILES string of the molecule is O=C(COc1ccc(Cl)cc1/C=C1\SC(=O)NC1=O)Nc1cccc([N+](=O)[O-])c1. The number of halogens is 1. The van der Waals surface area contributed by atoms with Crippen molar-refractivity contribution in [2.24, 2.45) is 0 Å². The van der Waals surface area contributed by atoms with Crippen LogP contribution in [-0.4, -0.2) is 28.6 Å². The van der Waals surface area contributed by atoms with Gasteiger partial charge in [0.2, 0.25) is 0 Å². The first kappa shape index (κ1) is 20.4. The Hall–Kier alpha value is -3.37. The molecule has 3 amide bonds. The number of nitrogens with one attached hydrogen (secondary N) is 2. The fraction of sp³-hybridized carbons (Fsp3) is 0.0556. The van der Waals surface area contributed by atoms with Gasteiger partial charge in [-0.3, -0.25) is 29.8 Å². The van der Waals surface area contributed by atoms with Crippen molar-refractivity contribution in [1.29, 1.82) is 0 Å². The summed E-state index contributed by atoms with van der Waals surface area (Å²) in [6, 6.07) is 10.1. The maximum atomic E-state index is 12.1. The largest absolute Gasteiger partial charge is 0.483 e. The number of hydrogen-bond acceptors (Lipinski definition) is 7. The van der Waals surface area contributed by atoms with Gasteiger partial charge in [-0.2, -0.15) is 0 Å². The molecular weight excluding hydrogens is 422 g/mol. The molecule has 11 heteroatoms. The number of hydrogen-bond donors (Lipinski definition) is 2. The van der Waals surface area contributed by atoms with Crippen LogP contribution in [0.5, 0.6) is 5.75 Å². The second kappa shape index (κ2) is 8.76. The van der Waals surface area contributed by atoms with E-state index in [0.29, 0.717) is 10.6 Å². The molecule has 0 saturated carbocycles. The topological polar surface area (TPSA) is 128 Å². The van der Waals surface area contributed by atoms with Crippen molar-refractivity contribution in [3.8, 4) is 5.75 Å². The second-order valence-electron chi connectivity index (χ2n) is 5.68. The lowest BCUT2D eigenvalue weighted by molar-refractivity contribution is -0.384. The van der Waals surface area contributed by atoms with Crippen LogP contribution in [0.4, 0.5) is 16.2 Å². The molecule has 1 heterocycles. The molecule has 0 radical (unpaired) electrons. The van der Waals surface area contributed by atoms with Gasteiger partial charge in [0.25, 0.3) is 22.7 Å². The number of amides is 3. The van der Waals surface area contributed by atoms with Gasteiger partial charge >= 0.3 is 0 Å². The third-order valence-electron chi connectivity index (χ3n) is 3.60. The minimum Gasteiger partial charge on any atom is -0.483 e. The Kier molecular flexibility index (Phi) is 6.15. The number of benzene rings is 2. The van der Waals surface area contributed by atoms with Gasteiger partial charge in [0.15, 0.2) is 6.61 Å². The first-order valence-corrected chi connectivity index (χ1v) is 9.23. The highest BCUT2D eigenvalue weighted by Crippen LogP contribution is 2.31. The summed E-state index contributed by atoms with van der Waals surface area (Å²) in [7, 11) is 0. The van der Waals surface area contributed by atoms with Crippen molar-refractivity contribution in [3.05, 3.63) is 68.1 Å². The molecule has 29 heavy (non-hydrogen) atoms. The lowest BCUT2D eigenvalue weighted by Gasteiger charge is -2.10. The van der Waals surface area contributed by atoms with Gasteiger partial charge in [-0.05, 0) is 42.1 Å². The van der Waals surface area contributed by atoms with Crippen LogP contribution in [0.15, 0.2) is 47.4 Å². The van der Waals surface area contributed by atoms with Crippen LogP contribution in [0.25, 0.3) is 6.08 Å². The van der Waals surface area contributed by atoms with Gasteiger partial charge in [0, 0.05) is 28.4 Å². The van der Waals surface area contributed by atoms with Gasteiger partial charge in [-0.15, -0.1) is 0 Å². The highest BCUT2D eigenvalue weighted by molar-refractivity contribution is 8.18. The fourth-order valence-electron chi connectivity index (χ4n) is 2.36. The standard InChI is InChI=1S/C18H12ClN3O6S/c19-11-4-5-14(10(6-11)7-15-17(24)21-18(25)29-15)28-9-16(23)20-12-2-1-3-13(8-12)22(26)27/h1-8H,9H2,(H,20,23)(H,21,24,25)/b15-7-. The zero-order chi connectivity index (χ0) is 21.0. The van der Waals surface area contributed by atoms with Crippen LogP contribution in [0.1, 0.15) is 5.56 Å². The normalized spacial score (nSPS) is 14.6. The van der Waals surface area contributed by atoms with Crippen LogP contribution in [0.3, 0.4) is 0 Å². The Morgan fingerprint density at radius 2 is 2.07 bits per heavy atom. The van der Waals surface area contributed by atoms with Gasteiger partial charge in [0.1, 0.15) is 5.75 Å². The average molecular weight is 434 g/mol. The van der Waals surface area contributed by atoms with Gasteiger partial charge < -0.3 is 10.1 Å². The number of rotatable bonds is 6. The van der Waals surface area contributed by atoms with Crippen LogP contribution in [0.2, 0.25) is 5.02 Å². The lowest BCUT2D eigenvalue weighted by atomic mass is 10.2. The van der Waals surface area contributed by atoms with Crippen molar-refractivity contribution < 1.29 is 24.0 Å². The Labute approximate surface area is 173 Å². The predicted octanol–water partition coefficient (Wildman–Crippen LogP) is 3.59. The number of nitro benzene ring substituents is 1. The summed E-state index contributed by atoms with van der Waals surface area (Å²) in [6.45, 7) is -0.390. The Bertz CT molecular complexity index is 1060. The number of nitrogens with zero attached hydrogens (tertiary/aromatic N) is 1. The molecule has 2 aromatic carbocycles. The molecule has 3 rings (SSSR count). The number of thioether (sulfide) groups is 1. The molecule has 0 unspecified atom stereocenters. The maximum absolute atomic E-state index is 12.1. The van der Waals surface area contributed by atoms with Crippen LogP contribution in [0, 0.1) is 10.1 Å². The molecule has 2 aromatic rings. The van der Waals surface area contributed by atoms with Gasteiger partial charge in [-0.1, -0.05) is 17.7 Å². The quantitative estimate of drug-likeness (QED) is 0.404.